The zero-order chi connectivity index (χ0) is 22.5. The van der Waals surface area contributed by atoms with E-state index >= 15 is 0 Å². The molecule has 8 nitrogen and oxygen atoms in total. The van der Waals surface area contributed by atoms with Gasteiger partial charge in [0.2, 0.25) is 0 Å². The van der Waals surface area contributed by atoms with Gasteiger partial charge in [-0.25, -0.2) is 4.99 Å². The highest BCUT2D eigenvalue weighted by Crippen LogP contribution is 2.39. The van der Waals surface area contributed by atoms with Gasteiger partial charge in [-0.3, -0.25) is 9.69 Å². The second kappa shape index (κ2) is 10.4. The number of fused-ring (bicyclic) bond motifs is 2. The number of nitrogens with one attached hydrogen (secondary N) is 1. The van der Waals surface area contributed by atoms with Crippen molar-refractivity contribution < 1.29 is 14.3 Å². The van der Waals surface area contributed by atoms with E-state index in [1.165, 1.54) is 17.6 Å². The molecule has 1 saturated heterocycles. The van der Waals surface area contributed by atoms with Gasteiger partial charge in [-0.05, 0) is 31.5 Å². The highest BCUT2D eigenvalue weighted by atomic mass is 32.1. The number of esters is 1. The summed E-state index contributed by atoms with van der Waals surface area (Å²) >= 11 is 1.78. The van der Waals surface area contributed by atoms with Crippen LogP contribution in [0.5, 0.6) is 0 Å². The Morgan fingerprint density at radius 3 is 2.84 bits per heavy atom. The number of piperazine rings is 1. The fraction of sp³-hybridized carbons (Fsp3) is 0.478. The van der Waals surface area contributed by atoms with Crippen LogP contribution in [0.3, 0.4) is 0 Å². The number of anilines is 2. The molecule has 0 spiro atoms. The molecule has 32 heavy (non-hydrogen) atoms. The Hall–Kier alpha value is -2.46. The van der Waals surface area contributed by atoms with Crippen LogP contribution in [-0.2, 0) is 14.3 Å². The van der Waals surface area contributed by atoms with Gasteiger partial charge in [0.15, 0.2) is 0 Å². The van der Waals surface area contributed by atoms with Gasteiger partial charge in [0.25, 0.3) is 0 Å². The van der Waals surface area contributed by atoms with Crippen molar-refractivity contribution in [2.24, 2.45) is 10.7 Å². The number of aliphatic imine (C=N–C) groups is 1. The molecule has 172 valence electrons. The topological polar surface area (TPSA) is 92.4 Å². The third kappa shape index (κ3) is 5.29. The van der Waals surface area contributed by atoms with E-state index in [-0.39, 0.29) is 6.61 Å². The largest absolute Gasteiger partial charge is 0.468 e. The van der Waals surface area contributed by atoms with Crippen molar-refractivity contribution in [2.75, 3.05) is 58.4 Å². The van der Waals surface area contributed by atoms with E-state index in [9.17, 15) is 4.79 Å². The van der Waals surface area contributed by atoms with Crippen molar-refractivity contribution in [2.45, 2.75) is 19.4 Å². The molecule has 0 saturated carbocycles. The molecule has 0 amide bonds. The first kappa shape index (κ1) is 22.7. The average Bonchev–Trinajstić information content (AvgIpc) is 3.10. The van der Waals surface area contributed by atoms with Crippen LogP contribution in [0.4, 0.5) is 16.4 Å². The Bertz CT molecular complexity index is 968. The van der Waals surface area contributed by atoms with Gasteiger partial charge in [0, 0.05) is 44.2 Å². The molecule has 4 rings (SSSR count). The summed E-state index contributed by atoms with van der Waals surface area (Å²) in [5.41, 5.74) is 8.90. The van der Waals surface area contributed by atoms with Gasteiger partial charge in [0.1, 0.15) is 16.9 Å². The number of nitrogens with two attached hydrogens (primary N) is 1. The lowest BCUT2D eigenvalue weighted by atomic mass is 10.2. The van der Waals surface area contributed by atoms with E-state index < -0.39 is 12.0 Å². The van der Waals surface area contributed by atoms with Crippen LogP contribution >= 0.6 is 11.3 Å². The normalized spacial score (nSPS) is 17.0. The summed E-state index contributed by atoms with van der Waals surface area (Å²) in [4.78, 5) is 22.5. The van der Waals surface area contributed by atoms with E-state index in [1.54, 1.807) is 11.3 Å². The fourth-order valence-electron chi connectivity index (χ4n) is 3.99. The van der Waals surface area contributed by atoms with Crippen molar-refractivity contribution in [3.8, 4) is 0 Å². The monoisotopic (exact) mass is 457 g/mol. The van der Waals surface area contributed by atoms with Crippen LogP contribution in [0.2, 0.25) is 0 Å². The van der Waals surface area contributed by atoms with Gasteiger partial charge >= 0.3 is 5.97 Å². The molecule has 1 aromatic carbocycles. The van der Waals surface area contributed by atoms with Gasteiger partial charge in [-0.15, -0.1) is 11.3 Å². The zero-order valence-corrected chi connectivity index (χ0v) is 19.5. The van der Waals surface area contributed by atoms with Gasteiger partial charge in [-0.1, -0.05) is 12.1 Å². The Morgan fingerprint density at radius 2 is 2.06 bits per heavy atom. The van der Waals surface area contributed by atoms with Crippen molar-refractivity contribution in [3.05, 3.63) is 40.8 Å². The summed E-state index contributed by atoms with van der Waals surface area (Å²) in [5.74, 6) is 0.617. The van der Waals surface area contributed by atoms with Crippen molar-refractivity contribution in [3.63, 3.8) is 0 Å². The summed E-state index contributed by atoms with van der Waals surface area (Å²) in [6.45, 7) is 7.70. The molecule has 2 aromatic rings. The number of nitrogens with zero attached hydrogens (tertiary/aromatic N) is 3. The van der Waals surface area contributed by atoms with Crippen molar-refractivity contribution >= 4 is 39.5 Å². The first-order valence-corrected chi connectivity index (χ1v) is 11.8. The highest BCUT2D eigenvalue weighted by Gasteiger charge is 2.26. The summed E-state index contributed by atoms with van der Waals surface area (Å²) in [6, 6.07) is 9.74. The van der Waals surface area contributed by atoms with Gasteiger partial charge in [-0.2, -0.15) is 0 Å². The summed E-state index contributed by atoms with van der Waals surface area (Å²) < 4.78 is 10.1. The Labute approximate surface area is 193 Å². The third-order valence-electron chi connectivity index (χ3n) is 5.71. The lowest BCUT2D eigenvalue weighted by Gasteiger charge is -2.36. The smallest absolute Gasteiger partial charge is 0.325 e. The molecule has 9 heteroatoms. The minimum Gasteiger partial charge on any atom is -0.468 e. The number of rotatable bonds is 7. The lowest BCUT2D eigenvalue weighted by Crippen LogP contribution is -2.49. The number of amidine groups is 1. The number of hydrogen-bond acceptors (Lipinski definition) is 9. The number of methoxy groups -OCH3 is 1. The molecule has 1 unspecified atom stereocenters. The number of para-hydroxylation sites is 2. The number of carbonyl (C=O) groups is 1. The molecule has 1 fully saturated rings. The number of ether oxygens (including phenoxy) is 2. The first-order valence-electron chi connectivity index (χ1n) is 11.0. The fourth-order valence-corrected chi connectivity index (χ4v) is 4.91. The second-order valence-electron chi connectivity index (χ2n) is 8.06. The van der Waals surface area contributed by atoms with Crippen molar-refractivity contribution in [1.29, 1.82) is 0 Å². The van der Waals surface area contributed by atoms with Gasteiger partial charge < -0.3 is 25.4 Å². The minimum atomic E-state index is -0.714. The SMILES string of the molecule is COC(=O)C(N)COCCCN1CCN(C2=Nc3ccccc3Nc3sc(C)cc32)CC1. The first-order chi connectivity index (χ1) is 15.5. The number of thiophene rings is 1. The van der Waals surface area contributed by atoms with Crippen LogP contribution in [0.15, 0.2) is 35.3 Å². The van der Waals surface area contributed by atoms with Crippen LogP contribution < -0.4 is 11.1 Å². The summed E-state index contributed by atoms with van der Waals surface area (Å²) in [7, 11) is 1.33. The second-order valence-corrected chi connectivity index (χ2v) is 9.32. The molecule has 2 aliphatic heterocycles. The third-order valence-corrected chi connectivity index (χ3v) is 6.68. The summed E-state index contributed by atoms with van der Waals surface area (Å²) in [6.07, 6.45) is 0.903. The highest BCUT2D eigenvalue weighted by molar-refractivity contribution is 7.16. The van der Waals surface area contributed by atoms with E-state index in [0.717, 1.165) is 61.4 Å². The maximum absolute atomic E-state index is 11.3. The molecule has 1 aromatic heterocycles. The Kier molecular flexibility index (Phi) is 7.41. The van der Waals surface area contributed by atoms with Crippen LogP contribution in [0, 0.1) is 6.92 Å². The zero-order valence-electron chi connectivity index (χ0n) is 18.7. The number of benzene rings is 1. The Balaban J connectivity index is 1.31. The molecule has 0 aliphatic carbocycles. The molecule has 3 N–H and O–H groups in total. The molecule has 3 heterocycles. The van der Waals surface area contributed by atoms with Crippen LogP contribution in [0.25, 0.3) is 0 Å². The predicted molar refractivity (Wildman–Crippen MR) is 128 cm³/mol. The molecule has 1 atom stereocenters. The quantitative estimate of drug-likeness (QED) is 0.488. The Morgan fingerprint density at radius 1 is 1.28 bits per heavy atom. The lowest BCUT2D eigenvalue weighted by molar-refractivity contribution is -0.143. The molecular weight excluding hydrogens is 426 g/mol. The van der Waals surface area contributed by atoms with Crippen molar-refractivity contribution in [1.82, 2.24) is 9.80 Å². The van der Waals surface area contributed by atoms with Crippen LogP contribution in [0.1, 0.15) is 16.9 Å². The number of carbonyl (C=O) groups excluding carboxylic acids is 1. The molecule has 0 bridgehead atoms. The standard InChI is InChI=1S/C23H31N5O3S/c1-16-14-17-21(25-19-6-3-4-7-20(19)26-22(17)32-16)28-11-9-27(10-12-28)8-5-13-31-15-18(24)23(29)30-2/h3-4,6-7,14,18,26H,5,8-13,15,24H2,1-2H3. The van der Waals surface area contributed by atoms with E-state index in [4.69, 9.17) is 15.5 Å². The van der Waals surface area contributed by atoms with Crippen LogP contribution in [-0.4, -0.2) is 80.7 Å². The van der Waals surface area contributed by atoms with E-state index in [2.05, 4.69) is 45.0 Å². The maximum Gasteiger partial charge on any atom is 0.325 e. The minimum absolute atomic E-state index is 0.193. The predicted octanol–water partition coefficient (Wildman–Crippen LogP) is 2.72. The molecule has 0 radical (unpaired) electrons. The molecule has 2 aliphatic rings. The summed E-state index contributed by atoms with van der Waals surface area (Å²) in [5, 5.41) is 4.74. The van der Waals surface area contributed by atoms with E-state index in [0.29, 0.717) is 6.61 Å². The average molecular weight is 458 g/mol. The maximum atomic E-state index is 11.3. The molecular formula is C23H31N5O3S. The number of aryl methyl sites for hydroxylation is 1. The number of hydrogen-bond donors (Lipinski definition) is 2. The van der Waals surface area contributed by atoms with Gasteiger partial charge in [0.05, 0.1) is 30.7 Å². The van der Waals surface area contributed by atoms with E-state index in [1.807, 2.05) is 12.1 Å².